The van der Waals surface area contributed by atoms with Crippen LogP contribution in [0.1, 0.15) is 54.9 Å². The van der Waals surface area contributed by atoms with Crippen LogP contribution >= 0.6 is 8.38 Å². The molecule has 156 valence electrons. The van der Waals surface area contributed by atoms with Crippen molar-refractivity contribution in [3.63, 3.8) is 0 Å². The van der Waals surface area contributed by atoms with E-state index in [0.717, 1.165) is 18.3 Å². The molecule has 0 aromatic heterocycles. The lowest BCUT2D eigenvalue weighted by molar-refractivity contribution is -0.145. The van der Waals surface area contributed by atoms with Crippen LogP contribution in [0.3, 0.4) is 0 Å². The maximum absolute atomic E-state index is 11.3. The molecule has 0 aromatic carbocycles. The standard InChI is InChI=1S/C15H25O4P.C3H6.C2H6.C2H2/c1-5-9-10-11-14(7-3)19-20(12-6-2)18-13-15(16)17-8-4;1-3-2;2*1-2/h5,7,9-11H,6,8,12-13H2,1-4H3;3H,1H2,2H3;1-2H3;1-2H/b9-5-,11-10-,14-7+;;;. The lowest BCUT2D eigenvalue weighted by atomic mass is 10.4. The van der Waals surface area contributed by atoms with Gasteiger partial charge in [0.15, 0.2) is 6.61 Å². The lowest BCUT2D eigenvalue weighted by Gasteiger charge is -2.17. The molecular weight excluding hydrogens is 359 g/mol. The van der Waals surface area contributed by atoms with Crippen molar-refractivity contribution in [1.29, 1.82) is 0 Å². The number of terminal acetylenes is 1. The molecule has 0 heterocycles. The van der Waals surface area contributed by atoms with Crippen LogP contribution in [0.25, 0.3) is 0 Å². The van der Waals surface area contributed by atoms with Crippen LogP contribution in [-0.4, -0.2) is 25.3 Å². The molecule has 0 bridgehead atoms. The molecule has 27 heavy (non-hydrogen) atoms. The van der Waals surface area contributed by atoms with Gasteiger partial charge in [0.25, 0.3) is 0 Å². The van der Waals surface area contributed by atoms with Crippen LogP contribution in [0.2, 0.25) is 0 Å². The van der Waals surface area contributed by atoms with E-state index in [1.807, 2.05) is 65.0 Å². The monoisotopic (exact) mass is 398 g/mol. The van der Waals surface area contributed by atoms with Gasteiger partial charge in [-0.15, -0.1) is 19.4 Å². The van der Waals surface area contributed by atoms with E-state index < -0.39 is 8.38 Å². The van der Waals surface area contributed by atoms with E-state index in [1.54, 1.807) is 13.0 Å². The second-order valence-electron chi connectivity index (χ2n) is 4.21. The van der Waals surface area contributed by atoms with E-state index in [4.69, 9.17) is 13.8 Å². The molecule has 5 heteroatoms. The molecule has 4 nitrogen and oxygen atoms in total. The summed E-state index contributed by atoms with van der Waals surface area (Å²) in [5.41, 5.74) is 0. The molecule has 0 saturated carbocycles. The SMILES string of the molecule is C#C.C=CC.CC.C\C=C/C=C\C(=C/C)OP(CCC)OCC(=O)OCC. The average Bonchev–Trinajstić information content (AvgIpc) is 2.69. The van der Waals surface area contributed by atoms with Crippen molar-refractivity contribution < 1.29 is 18.6 Å². The number of ether oxygens (including phenoxy) is 1. The number of hydrogen-bond acceptors (Lipinski definition) is 4. The highest BCUT2D eigenvalue weighted by molar-refractivity contribution is 7.47. The van der Waals surface area contributed by atoms with E-state index in [1.165, 1.54) is 0 Å². The normalized spacial score (nSPS) is 11.1. The van der Waals surface area contributed by atoms with E-state index in [-0.39, 0.29) is 12.6 Å². The second kappa shape index (κ2) is 31.9. The molecule has 0 spiro atoms. The molecule has 0 saturated heterocycles. The molecule has 1 unspecified atom stereocenters. The van der Waals surface area contributed by atoms with Crippen molar-refractivity contribution in [1.82, 2.24) is 0 Å². The molecule has 0 amide bonds. The Kier molecular flexibility index (Phi) is 38.8. The van der Waals surface area contributed by atoms with Crippen molar-refractivity contribution in [2.24, 2.45) is 0 Å². The van der Waals surface area contributed by atoms with Crippen molar-refractivity contribution >= 4 is 14.3 Å². The van der Waals surface area contributed by atoms with Crippen molar-refractivity contribution in [3.05, 3.63) is 48.8 Å². The number of esters is 1. The molecule has 0 aliphatic rings. The fourth-order valence-corrected chi connectivity index (χ4v) is 2.49. The first kappa shape index (κ1) is 32.8. The summed E-state index contributed by atoms with van der Waals surface area (Å²) >= 11 is 0. The summed E-state index contributed by atoms with van der Waals surface area (Å²) in [6.07, 6.45) is 21.0. The zero-order valence-corrected chi connectivity index (χ0v) is 19.1. The van der Waals surface area contributed by atoms with Gasteiger partial charge in [-0.2, -0.15) is 0 Å². The topological polar surface area (TPSA) is 44.8 Å². The van der Waals surface area contributed by atoms with Gasteiger partial charge in [-0.3, -0.25) is 0 Å². The van der Waals surface area contributed by atoms with Gasteiger partial charge >= 0.3 is 5.97 Å². The third-order valence-corrected chi connectivity index (χ3v) is 3.74. The fourth-order valence-electron chi connectivity index (χ4n) is 1.20. The third-order valence-electron chi connectivity index (χ3n) is 2.09. The zero-order valence-electron chi connectivity index (χ0n) is 18.2. The summed E-state index contributed by atoms with van der Waals surface area (Å²) in [4.78, 5) is 11.3. The summed E-state index contributed by atoms with van der Waals surface area (Å²) in [6, 6.07) is 0. The van der Waals surface area contributed by atoms with E-state index in [9.17, 15) is 4.79 Å². The first-order chi connectivity index (χ1) is 13.1. The summed E-state index contributed by atoms with van der Waals surface area (Å²) in [7, 11) is -1.11. The van der Waals surface area contributed by atoms with Gasteiger partial charge < -0.3 is 13.8 Å². The highest BCUT2D eigenvalue weighted by Crippen LogP contribution is 2.41. The van der Waals surface area contributed by atoms with E-state index in [0.29, 0.717) is 6.61 Å². The van der Waals surface area contributed by atoms with Crippen LogP contribution in [0, 0.1) is 12.8 Å². The fraction of sp³-hybridized carbons (Fsp3) is 0.500. The van der Waals surface area contributed by atoms with Crippen molar-refractivity contribution in [2.75, 3.05) is 19.4 Å². The molecule has 1 atom stereocenters. The first-order valence-electron chi connectivity index (χ1n) is 9.19. The molecule has 0 aliphatic heterocycles. The van der Waals surface area contributed by atoms with Gasteiger partial charge in [0, 0.05) is 6.16 Å². The predicted octanol–water partition coefficient (Wildman–Crippen LogP) is 6.81. The van der Waals surface area contributed by atoms with Crippen molar-refractivity contribution in [2.45, 2.75) is 54.9 Å². The Bertz CT molecular complexity index is 423. The highest BCUT2D eigenvalue weighted by atomic mass is 31.2. The Morgan fingerprint density at radius 1 is 1.11 bits per heavy atom. The summed E-state index contributed by atoms with van der Waals surface area (Å²) < 4.78 is 16.1. The third kappa shape index (κ3) is 29.2. The maximum atomic E-state index is 11.3. The Balaban J connectivity index is -0.000000331. The Morgan fingerprint density at radius 3 is 2.07 bits per heavy atom. The Labute approximate surface area is 169 Å². The molecule has 0 fully saturated rings. The van der Waals surface area contributed by atoms with Gasteiger partial charge in [-0.1, -0.05) is 45.1 Å². The van der Waals surface area contributed by atoms with Gasteiger partial charge in [0.05, 0.1) is 6.61 Å². The number of rotatable bonds is 10. The molecule has 0 aromatic rings. The number of hydrogen-bond donors (Lipinski definition) is 0. The van der Waals surface area contributed by atoms with E-state index in [2.05, 4.69) is 26.3 Å². The number of carbonyl (C=O) groups is 1. The smallest absolute Gasteiger partial charge is 0.332 e. The minimum atomic E-state index is -1.11. The predicted molar refractivity (Wildman–Crippen MR) is 121 cm³/mol. The summed E-state index contributed by atoms with van der Waals surface area (Å²) in [5.74, 6) is 0.387. The molecule has 0 N–H and O–H groups in total. The van der Waals surface area contributed by atoms with Gasteiger partial charge in [0.1, 0.15) is 5.76 Å². The van der Waals surface area contributed by atoms with Crippen molar-refractivity contribution in [3.8, 4) is 12.8 Å². The molecule has 0 aliphatic carbocycles. The van der Waals surface area contributed by atoms with Crippen LogP contribution < -0.4 is 0 Å². The van der Waals surface area contributed by atoms with Crippen LogP contribution in [0.4, 0.5) is 0 Å². The average molecular weight is 399 g/mol. The maximum Gasteiger partial charge on any atom is 0.332 e. The zero-order chi connectivity index (χ0) is 21.9. The van der Waals surface area contributed by atoms with Crippen LogP contribution in [-0.2, 0) is 18.6 Å². The molecular formula is C22H39O4P. The Morgan fingerprint density at radius 2 is 1.67 bits per heavy atom. The quantitative estimate of drug-likeness (QED) is 0.101. The van der Waals surface area contributed by atoms with Gasteiger partial charge in [0.2, 0.25) is 8.38 Å². The number of carbonyl (C=O) groups excluding carboxylic acids is 1. The Hall–Kier alpha value is -1.82. The molecule has 0 rings (SSSR count). The summed E-state index contributed by atoms with van der Waals surface area (Å²) in [5, 5.41) is 0. The van der Waals surface area contributed by atoms with Gasteiger partial charge in [-0.05, 0) is 46.3 Å². The minimum Gasteiger partial charge on any atom is -0.464 e. The largest absolute Gasteiger partial charge is 0.464 e. The van der Waals surface area contributed by atoms with Gasteiger partial charge in [-0.25, -0.2) is 4.79 Å². The molecule has 0 radical (unpaired) electrons. The second-order valence-corrected chi connectivity index (χ2v) is 5.76. The van der Waals surface area contributed by atoms with Crippen LogP contribution in [0.15, 0.2) is 48.8 Å². The highest BCUT2D eigenvalue weighted by Gasteiger charge is 2.14. The van der Waals surface area contributed by atoms with Crippen LogP contribution in [0.5, 0.6) is 0 Å². The summed E-state index contributed by atoms with van der Waals surface area (Å²) in [6.45, 7) is 17.2. The number of allylic oxidation sites excluding steroid dienone is 6. The minimum absolute atomic E-state index is 0.0604. The first-order valence-corrected chi connectivity index (χ1v) is 10.6. The van der Waals surface area contributed by atoms with E-state index >= 15 is 0 Å². The lowest BCUT2D eigenvalue weighted by Crippen LogP contribution is -2.11.